The molecule has 9 heteroatoms. The zero-order valence-electron chi connectivity index (χ0n) is 12.3. The summed E-state index contributed by atoms with van der Waals surface area (Å²) >= 11 is 5.88. The summed E-state index contributed by atoms with van der Waals surface area (Å²) in [7, 11) is 0. The van der Waals surface area contributed by atoms with Crippen LogP contribution in [0.15, 0.2) is 39.7 Å². The quantitative estimate of drug-likeness (QED) is 0.598. The number of furan rings is 1. The Balaban J connectivity index is 1.86. The molecule has 2 aromatic rings. The largest absolute Gasteiger partial charge is 0.548 e. The number of carbonyl (C=O) groups excluding carboxylic acids is 2. The van der Waals surface area contributed by atoms with Crippen LogP contribution < -0.4 is 5.11 Å². The van der Waals surface area contributed by atoms with Crippen LogP contribution in [0.1, 0.15) is 5.76 Å². The van der Waals surface area contributed by atoms with Crippen LogP contribution >= 0.6 is 24.0 Å². The van der Waals surface area contributed by atoms with Crippen LogP contribution in [-0.2, 0) is 9.59 Å². The van der Waals surface area contributed by atoms with E-state index in [4.69, 9.17) is 16.6 Å². The second-order valence-electron chi connectivity index (χ2n) is 4.97. The SMILES string of the molecule is O=C([O-])CN1C(=O)/C(=C\c2ccc(-c3ccc(F)cc3F)o2)SC1=S. The Morgan fingerprint density at radius 3 is 2.76 bits per heavy atom. The van der Waals surface area contributed by atoms with Crippen molar-refractivity contribution >= 4 is 46.3 Å². The van der Waals surface area contributed by atoms with Crippen molar-refractivity contribution in [2.45, 2.75) is 0 Å². The third-order valence-corrected chi connectivity index (χ3v) is 4.64. The third-order valence-electron chi connectivity index (χ3n) is 3.26. The maximum absolute atomic E-state index is 13.8. The molecule has 0 atom stereocenters. The molecule has 0 bridgehead atoms. The Kier molecular flexibility index (Phi) is 4.69. The molecule has 1 fully saturated rings. The molecule has 0 saturated carbocycles. The van der Waals surface area contributed by atoms with E-state index in [1.54, 1.807) is 0 Å². The molecule has 1 amide bonds. The second-order valence-corrected chi connectivity index (χ2v) is 6.64. The first-order valence-electron chi connectivity index (χ1n) is 6.85. The second kappa shape index (κ2) is 6.77. The first-order valence-corrected chi connectivity index (χ1v) is 8.08. The number of carboxylic acids is 1. The first kappa shape index (κ1) is 17.3. The normalized spacial score (nSPS) is 16.1. The van der Waals surface area contributed by atoms with Gasteiger partial charge in [-0.2, -0.15) is 0 Å². The number of thioether (sulfide) groups is 1. The first-order chi connectivity index (χ1) is 11.8. The van der Waals surface area contributed by atoms with E-state index in [0.29, 0.717) is 0 Å². The number of thiocarbonyl (C=S) groups is 1. The molecular formula is C16H8F2NO4S2-. The summed E-state index contributed by atoms with van der Waals surface area (Å²) < 4.78 is 32.3. The van der Waals surface area contributed by atoms with E-state index in [2.05, 4.69) is 0 Å². The molecule has 1 aliphatic heterocycles. The molecular weight excluding hydrogens is 372 g/mol. The predicted octanol–water partition coefficient (Wildman–Crippen LogP) is 2.18. The van der Waals surface area contributed by atoms with Gasteiger partial charge in [-0.1, -0.05) is 24.0 Å². The minimum absolute atomic E-state index is 0.0746. The number of nitrogens with zero attached hydrogens (tertiary/aromatic N) is 1. The smallest absolute Gasteiger partial charge is 0.266 e. The van der Waals surface area contributed by atoms with Crippen LogP contribution in [0.4, 0.5) is 8.78 Å². The van der Waals surface area contributed by atoms with Gasteiger partial charge in [-0.3, -0.25) is 9.69 Å². The maximum Gasteiger partial charge on any atom is 0.266 e. The molecule has 0 unspecified atom stereocenters. The Morgan fingerprint density at radius 2 is 2.08 bits per heavy atom. The lowest BCUT2D eigenvalue weighted by molar-refractivity contribution is -0.305. The van der Waals surface area contributed by atoms with Crippen molar-refractivity contribution in [2.24, 2.45) is 0 Å². The maximum atomic E-state index is 13.8. The fraction of sp³-hybridized carbons (Fsp3) is 0.0625. The van der Waals surface area contributed by atoms with Gasteiger partial charge in [-0.05, 0) is 24.3 Å². The highest BCUT2D eigenvalue weighted by Gasteiger charge is 2.32. The van der Waals surface area contributed by atoms with E-state index in [9.17, 15) is 23.5 Å². The number of aliphatic carboxylic acids is 1. The van der Waals surface area contributed by atoms with E-state index in [1.165, 1.54) is 24.3 Å². The van der Waals surface area contributed by atoms with Crippen LogP contribution in [0, 0.1) is 11.6 Å². The molecule has 0 aliphatic carbocycles. The number of hydrogen-bond acceptors (Lipinski definition) is 6. The molecule has 1 saturated heterocycles. The van der Waals surface area contributed by atoms with E-state index in [1.807, 2.05) is 0 Å². The minimum atomic E-state index is -1.43. The highest BCUT2D eigenvalue weighted by molar-refractivity contribution is 8.26. The molecule has 25 heavy (non-hydrogen) atoms. The highest BCUT2D eigenvalue weighted by Crippen LogP contribution is 2.33. The summed E-state index contributed by atoms with van der Waals surface area (Å²) in [5, 5.41) is 10.7. The fourth-order valence-corrected chi connectivity index (χ4v) is 3.39. The summed E-state index contributed by atoms with van der Waals surface area (Å²) in [4.78, 5) is 23.9. The van der Waals surface area contributed by atoms with Crippen LogP contribution in [0.3, 0.4) is 0 Å². The summed E-state index contributed by atoms with van der Waals surface area (Å²) in [6.45, 7) is -0.633. The molecule has 1 aromatic heterocycles. The lowest BCUT2D eigenvalue weighted by Gasteiger charge is -2.14. The van der Waals surface area contributed by atoms with E-state index in [-0.39, 0.29) is 26.3 Å². The molecule has 5 nitrogen and oxygen atoms in total. The van der Waals surface area contributed by atoms with Gasteiger partial charge in [-0.15, -0.1) is 0 Å². The van der Waals surface area contributed by atoms with Gasteiger partial charge in [0, 0.05) is 12.1 Å². The fourth-order valence-electron chi connectivity index (χ4n) is 2.16. The zero-order chi connectivity index (χ0) is 18.1. The summed E-state index contributed by atoms with van der Waals surface area (Å²) in [5.74, 6) is -3.08. The number of hydrogen-bond donors (Lipinski definition) is 0. The van der Waals surface area contributed by atoms with Gasteiger partial charge >= 0.3 is 0 Å². The van der Waals surface area contributed by atoms with Crippen LogP contribution in [-0.4, -0.2) is 27.6 Å². The molecule has 3 rings (SSSR count). The van der Waals surface area contributed by atoms with E-state index >= 15 is 0 Å². The summed E-state index contributed by atoms with van der Waals surface area (Å²) in [6, 6.07) is 6.06. The third kappa shape index (κ3) is 3.62. The lowest BCUT2D eigenvalue weighted by Crippen LogP contribution is -2.40. The number of benzene rings is 1. The van der Waals surface area contributed by atoms with Crippen molar-refractivity contribution in [1.29, 1.82) is 0 Å². The van der Waals surface area contributed by atoms with Crippen molar-refractivity contribution in [3.05, 3.63) is 52.6 Å². The number of carboxylic acid groups (broad SMARTS) is 1. The number of rotatable bonds is 4. The topological polar surface area (TPSA) is 73.6 Å². The minimum Gasteiger partial charge on any atom is -0.548 e. The molecule has 2 heterocycles. The van der Waals surface area contributed by atoms with Crippen molar-refractivity contribution < 1.29 is 27.9 Å². The van der Waals surface area contributed by atoms with E-state index in [0.717, 1.165) is 28.8 Å². The van der Waals surface area contributed by atoms with Gasteiger partial charge in [0.25, 0.3) is 5.91 Å². The Hall–Kier alpha value is -2.52. The highest BCUT2D eigenvalue weighted by atomic mass is 32.2. The van der Waals surface area contributed by atoms with Crippen LogP contribution in [0.25, 0.3) is 17.4 Å². The molecule has 0 N–H and O–H groups in total. The van der Waals surface area contributed by atoms with Gasteiger partial charge in [0.05, 0.1) is 23.0 Å². The number of carbonyl (C=O) groups is 2. The predicted molar refractivity (Wildman–Crippen MR) is 88.9 cm³/mol. The van der Waals surface area contributed by atoms with Crippen molar-refractivity contribution in [3.8, 4) is 11.3 Å². The molecule has 128 valence electrons. The standard InChI is InChI=1S/C16H9F2NO4S2/c17-8-1-3-10(11(18)5-8)12-4-2-9(23-12)6-13-15(22)19(7-14(20)21)16(24)25-13/h1-6H,7H2,(H,20,21)/p-1/b13-6+. The average molecular weight is 380 g/mol. The molecule has 0 radical (unpaired) electrons. The summed E-state index contributed by atoms with van der Waals surface area (Å²) in [5.41, 5.74) is 0.0746. The Labute approximate surface area is 149 Å². The van der Waals surface area contributed by atoms with Gasteiger partial charge in [0.1, 0.15) is 27.5 Å². The van der Waals surface area contributed by atoms with Gasteiger partial charge in [-0.25, -0.2) is 8.78 Å². The van der Waals surface area contributed by atoms with Gasteiger partial charge in [0.2, 0.25) is 0 Å². The average Bonchev–Trinajstić information content (AvgIpc) is 3.08. The zero-order valence-corrected chi connectivity index (χ0v) is 14.0. The lowest BCUT2D eigenvalue weighted by atomic mass is 10.1. The Morgan fingerprint density at radius 1 is 1.32 bits per heavy atom. The Bertz CT molecular complexity index is 923. The van der Waals surface area contributed by atoms with Crippen molar-refractivity contribution in [3.63, 3.8) is 0 Å². The molecule has 0 spiro atoms. The molecule has 1 aromatic carbocycles. The van der Waals surface area contributed by atoms with Gasteiger partial charge in [0.15, 0.2) is 0 Å². The van der Waals surface area contributed by atoms with Crippen LogP contribution in [0.5, 0.6) is 0 Å². The number of halogens is 2. The van der Waals surface area contributed by atoms with E-state index < -0.39 is 30.1 Å². The van der Waals surface area contributed by atoms with Crippen LogP contribution in [0.2, 0.25) is 0 Å². The summed E-state index contributed by atoms with van der Waals surface area (Å²) in [6.07, 6.45) is 1.37. The molecule has 1 aliphatic rings. The van der Waals surface area contributed by atoms with Gasteiger partial charge < -0.3 is 14.3 Å². The van der Waals surface area contributed by atoms with Crippen molar-refractivity contribution in [1.82, 2.24) is 4.90 Å². The van der Waals surface area contributed by atoms with Crippen molar-refractivity contribution in [2.75, 3.05) is 6.54 Å². The monoisotopic (exact) mass is 380 g/mol. The number of amides is 1.